The van der Waals surface area contributed by atoms with E-state index in [-0.39, 0.29) is 17.7 Å². The monoisotopic (exact) mass is 390 g/mol. The van der Waals surface area contributed by atoms with Gasteiger partial charge in [0.1, 0.15) is 0 Å². The van der Waals surface area contributed by atoms with E-state index in [1.165, 1.54) is 32.1 Å². The van der Waals surface area contributed by atoms with Gasteiger partial charge < -0.3 is 9.80 Å². The third-order valence-corrected chi connectivity index (χ3v) is 6.36. The molecule has 4 rings (SSSR count). The second-order valence-corrected chi connectivity index (χ2v) is 8.45. The molecular weight excluding hydrogens is 360 g/mol. The fraction of sp³-hybridized carbons (Fsp3) is 0.440. The minimum absolute atomic E-state index is 0.0492. The first-order chi connectivity index (χ1) is 14.1. The van der Waals surface area contributed by atoms with Crippen LogP contribution in [-0.4, -0.2) is 24.9 Å². The van der Waals surface area contributed by atoms with Gasteiger partial charge in [-0.1, -0.05) is 69.4 Å². The molecule has 0 spiro atoms. The molecule has 1 unspecified atom stereocenters. The van der Waals surface area contributed by atoms with E-state index in [1.54, 1.807) is 4.90 Å². The van der Waals surface area contributed by atoms with E-state index >= 15 is 0 Å². The van der Waals surface area contributed by atoms with Crippen molar-refractivity contribution in [2.75, 3.05) is 22.9 Å². The lowest BCUT2D eigenvalue weighted by molar-refractivity contribution is -0.121. The van der Waals surface area contributed by atoms with E-state index in [0.29, 0.717) is 18.0 Å². The van der Waals surface area contributed by atoms with Crippen LogP contribution in [-0.2, 0) is 4.79 Å². The number of rotatable bonds is 4. The van der Waals surface area contributed by atoms with Crippen molar-refractivity contribution < 1.29 is 9.59 Å². The van der Waals surface area contributed by atoms with Crippen LogP contribution >= 0.6 is 0 Å². The molecular formula is C25H30N2O2. The SMILES string of the molecule is CC1CN(C(=O)c2ccccc2)c2ccccc2N(CCC2CCCCC2)C1=O. The molecule has 29 heavy (non-hydrogen) atoms. The first-order valence-electron chi connectivity index (χ1n) is 10.9. The lowest BCUT2D eigenvalue weighted by Gasteiger charge is -2.28. The van der Waals surface area contributed by atoms with Crippen molar-refractivity contribution in [3.63, 3.8) is 0 Å². The number of para-hydroxylation sites is 2. The molecule has 1 fully saturated rings. The highest BCUT2D eigenvalue weighted by atomic mass is 16.2. The van der Waals surface area contributed by atoms with Gasteiger partial charge in [-0.25, -0.2) is 0 Å². The predicted octanol–water partition coefficient (Wildman–Crippen LogP) is 5.29. The van der Waals surface area contributed by atoms with Crippen LogP contribution < -0.4 is 9.80 Å². The first kappa shape index (κ1) is 19.7. The van der Waals surface area contributed by atoms with Gasteiger partial charge in [-0.05, 0) is 36.6 Å². The van der Waals surface area contributed by atoms with Gasteiger partial charge in [0.15, 0.2) is 0 Å². The molecule has 152 valence electrons. The molecule has 0 saturated heterocycles. The Morgan fingerprint density at radius 2 is 1.59 bits per heavy atom. The Kier molecular flexibility index (Phi) is 5.98. The van der Waals surface area contributed by atoms with Crippen LogP contribution in [0.4, 0.5) is 11.4 Å². The number of carbonyl (C=O) groups is 2. The van der Waals surface area contributed by atoms with Gasteiger partial charge in [-0.2, -0.15) is 0 Å². The number of anilines is 2. The second kappa shape index (κ2) is 8.81. The van der Waals surface area contributed by atoms with E-state index in [2.05, 4.69) is 0 Å². The summed E-state index contributed by atoms with van der Waals surface area (Å²) in [5, 5.41) is 0. The van der Waals surface area contributed by atoms with Crippen molar-refractivity contribution in [1.82, 2.24) is 0 Å². The van der Waals surface area contributed by atoms with Crippen molar-refractivity contribution in [2.24, 2.45) is 11.8 Å². The lowest BCUT2D eigenvalue weighted by atomic mass is 9.87. The van der Waals surface area contributed by atoms with Crippen molar-refractivity contribution in [1.29, 1.82) is 0 Å². The average Bonchev–Trinajstić information content (AvgIpc) is 2.88. The van der Waals surface area contributed by atoms with Crippen molar-refractivity contribution in [3.8, 4) is 0 Å². The van der Waals surface area contributed by atoms with E-state index in [1.807, 2.05) is 66.4 Å². The summed E-state index contributed by atoms with van der Waals surface area (Å²) in [6.45, 7) is 3.08. The highest BCUT2D eigenvalue weighted by Crippen LogP contribution is 2.36. The zero-order chi connectivity index (χ0) is 20.2. The smallest absolute Gasteiger partial charge is 0.258 e. The third kappa shape index (κ3) is 4.21. The molecule has 0 N–H and O–H groups in total. The molecule has 0 aromatic heterocycles. The Morgan fingerprint density at radius 3 is 2.31 bits per heavy atom. The van der Waals surface area contributed by atoms with Crippen molar-refractivity contribution in [2.45, 2.75) is 45.4 Å². The Morgan fingerprint density at radius 1 is 0.931 bits per heavy atom. The molecule has 4 heteroatoms. The molecule has 1 aliphatic heterocycles. The molecule has 2 amide bonds. The predicted molar refractivity (Wildman–Crippen MR) is 117 cm³/mol. The molecule has 2 aromatic carbocycles. The molecule has 1 aliphatic carbocycles. The highest BCUT2D eigenvalue weighted by Gasteiger charge is 2.34. The van der Waals surface area contributed by atoms with Crippen molar-refractivity contribution >= 4 is 23.2 Å². The van der Waals surface area contributed by atoms with Crippen LogP contribution in [0.25, 0.3) is 0 Å². The number of hydrogen-bond donors (Lipinski definition) is 0. The maximum atomic E-state index is 13.3. The van der Waals surface area contributed by atoms with Crippen LogP contribution in [0.2, 0.25) is 0 Å². The van der Waals surface area contributed by atoms with E-state index in [4.69, 9.17) is 0 Å². The summed E-state index contributed by atoms with van der Waals surface area (Å²) < 4.78 is 0. The zero-order valence-corrected chi connectivity index (χ0v) is 17.2. The molecule has 0 radical (unpaired) electrons. The molecule has 1 saturated carbocycles. The highest BCUT2D eigenvalue weighted by molar-refractivity contribution is 6.11. The summed E-state index contributed by atoms with van der Waals surface area (Å²) in [6, 6.07) is 17.2. The van der Waals surface area contributed by atoms with Crippen LogP contribution in [0.15, 0.2) is 54.6 Å². The Labute approximate surface area is 173 Å². The maximum Gasteiger partial charge on any atom is 0.258 e. The summed E-state index contributed by atoms with van der Waals surface area (Å²) in [6.07, 6.45) is 7.56. The van der Waals surface area contributed by atoms with Gasteiger partial charge in [0, 0.05) is 18.7 Å². The lowest BCUT2D eigenvalue weighted by Crippen LogP contribution is -2.39. The van der Waals surface area contributed by atoms with Crippen LogP contribution in [0.1, 0.15) is 55.8 Å². The minimum atomic E-state index is -0.235. The number of hydrogen-bond acceptors (Lipinski definition) is 2. The fourth-order valence-electron chi connectivity index (χ4n) is 4.70. The molecule has 2 aliphatic rings. The molecule has 1 heterocycles. The van der Waals surface area contributed by atoms with Gasteiger partial charge in [-0.15, -0.1) is 0 Å². The summed E-state index contributed by atoms with van der Waals surface area (Å²) in [7, 11) is 0. The largest absolute Gasteiger partial charge is 0.310 e. The maximum absolute atomic E-state index is 13.3. The summed E-state index contributed by atoms with van der Waals surface area (Å²) in [4.78, 5) is 30.3. The number of amides is 2. The Bertz CT molecular complexity index is 858. The van der Waals surface area contributed by atoms with Gasteiger partial charge in [0.05, 0.1) is 17.3 Å². The van der Waals surface area contributed by atoms with Gasteiger partial charge in [-0.3, -0.25) is 9.59 Å². The molecule has 2 aromatic rings. The number of fused-ring (bicyclic) bond motifs is 1. The Hall–Kier alpha value is -2.62. The van der Waals surface area contributed by atoms with Gasteiger partial charge in [0.2, 0.25) is 5.91 Å². The number of benzene rings is 2. The van der Waals surface area contributed by atoms with Crippen LogP contribution in [0.3, 0.4) is 0 Å². The summed E-state index contributed by atoms with van der Waals surface area (Å²) in [5.41, 5.74) is 2.35. The molecule has 0 bridgehead atoms. The van der Waals surface area contributed by atoms with Crippen molar-refractivity contribution in [3.05, 3.63) is 60.2 Å². The minimum Gasteiger partial charge on any atom is -0.310 e. The van der Waals surface area contributed by atoms with E-state index in [9.17, 15) is 9.59 Å². The Balaban J connectivity index is 1.64. The van der Waals surface area contributed by atoms with Gasteiger partial charge >= 0.3 is 0 Å². The second-order valence-electron chi connectivity index (χ2n) is 8.45. The van der Waals surface area contributed by atoms with Crippen LogP contribution in [0, 0.1) is 11.8 Å². The number of carbonyl (C=O) groups excluding carboxylic acids is 2. The summed E-state index contributed by atoms with van der Waals surface area (Å²) in [5.74, 6) is 0.550. The topological polar surface area (TPSA) is 40.6 Å². The quantitative estimate of drug-likeness (QED) is 0.712. The molecule has 1 atom stereocenters. The summed E-state index contributed by atoms with van der Waals surface area (Å²) >= 11 is 0. The third-order valence-electron chi connectivity index (χ3n) is 6.36. The standard InChI is InChI=1S/C25H30N2O2/c1-19-18-27(25(29)21-12-6-3-7-13-21)23-15-9-8-14-22(23)26(24(19)28)17-16-20-10-4-2-5-11-20/h3,6-9,12-15,19-20H,2,4-5,10-11,16-18H2,1H3. The number of nitrogens with zero attached hydrogens (tertiary/aromatic N) is 2. The fourth-order valence-corrected chi connectivity index (χ4v) is 4.70. The zero-order valence-electron chi connectivity index (χ0n) is 17.2. The van der Waals surface area contributed by atoms with Gasteiger partial charge in [0.25, 0.3) is 5.91 Å². The first-order valence-corrected chi connectivity index (χ1v) is 10.9. The van der Waals surface area contributed by atoms with Crippen LogP contribution in [0.5, 0.6) is 0 Å². The normalized spacial score (nSPS) is 20.3. The molecule has 4 nitrogen and oxygen atoms in total. The average molecular weight is 391 g/mol. The van der Waals surface area contributed by atoms with E-state index in [0.717, 1.165) is 24.3 Å². The van der Waals surface area contributed by atoms with E-state index < -0.39 is 0 Å².